The first kappa shape index (κ1) is 10.0. The van der Waals surface area contributed by atoms with Crippen molar-refractivity contribution < 1.29 is 0 Å². The van der Waals surface area contributed by atoms with E-state index >= 15 is 0 Å². The fraction of sp³-hybridized carbons (Fsp3) is 0.500. The van der Waals surface area contributed by atoms with Crippen LogP contribution < -0.4 is 5.32 Å². The molecule has 1 nitrogen and oxygen atoms in total. The van der Waals surface area contributed by atoms with E-state index < -0.39 is 0 Å². The first-order valence-electron chi connectivity index (χ1n) is 5.19. The van der Waals surface area contributed by atoms with E-state index in [0.717, 1.165) is 10.9 Å². The highest BCUT2D eigenvalue weighted by molar-refractivity contribution is 6.31. The summed E-state index contributed by atoms with van der Waals surface area (Å²) in [5, 5.41) is 4.10. The van der Waals surface area contributed by atoms with Crippen molar-refractivity contribution in [2.75, 3.05) is 7.05 Å². The predicted octanol–water partition coefficient (Wildman–Crippen LogP) is 3.50. The van der Waals surface area contributed by atoms with Crippen LogP contribution in [0.25, 0.3) is 0 Å². The van der Waals surface area contributed by atoms with Crippen molar-refractivity contribution in [3.8, 4) is 0 Å². The van der Waals surface area contributed by atoms with Crippen LogP contribution in [-0.4, -0.2) is 7.05 Å². The molecular weight excluding hydrogens is 194 g/mol. The fourth-order valence-electron chi connectivity index (χ4n) is 1.72. The van der Waals surface area contributed by atoms with E-state index in [1.54, 1.807) is 0 Å². The Morgan fingerprint density at radius 2 is 2.14 bits per heavy atom. The quantitative estimate of drug-likeness (QED) is 0.804. The molecule has 0 heterocycles. The molecule has 1 unspecified atom stereocenters. The summed E-state index contributed by atoms with van der Waals surface area (Å²) in [6.45, 7) is 2.12. The molecule has 0 aromatic heterocycles. The van der Waals surface area contributed by atoms with Crippen LogP contribution in [0.2, 0.25) is 5.02 Å². The Morgan fingerprint density at radius 3 is 2.64 bits per heavy atom. The van der Waals surface area contributed by atoms with Gasteiger partial charge in [0.1, 0.15) is 0 Å². The van der Waals surface area contributed by atoms with Gasteiger partial charge in [0.2, 0.25) is 0 Å². The lowest BCUT2D eigenvalue weighted by Crippen LogP contribution is -2.12. The SMILES string of the molecule is CNC(C)c1ccc(C2CC2)cc1Cl. The maximum absolute atomic E-state index is 6.23. The van der Waals surface area contributed by atoms with Gasteiger partial charge in [-0.05, 0) is 49.9 Å². The zero-order chi connectivity index (χ0) is 10.1. The van der Waals surface area contributed by atoms with Crippen LogP contribution in [-0.2, 0) is 0 Å². The van der Waals surface area contributed by atoms with Gasteiger partial charge in [-0.15, -0.1) is 0 Å². The summed E-state index contributed by atoms with van der Waals surface area (Å²) in [5.74, 6) is 0.784. The van der Waals surface area contributed by atoms with Gasteiger partial charge in [-0.25, -0.2) is 0 Å². The van der Waals surface area contributed by atoms with Crippen molar-refractivity contribution in [3.63, 3.8) is 0 Å². The van der Waals surface area contributed by atoms with E-state index in [4.69, 9.17) is 11.6 Å². The molecule has 1 aromatic carbocycles. The summed E-state index contributed by atoms with van der Waals surface area (Å²) in [4.78, 5) is 0. The zero-order valence-corrected chi connectivity index (χ0v) is 9.43. The summed E-state index contributed by atoms with van der Waals surface area (Å²) >= 11 is 6.23. The minimum atomic E-state index is 0.329. The number of hydrogen-bond donors (Lipinski definition) is 1. The van der Waals surface area contributed by atoms with Gasteiger partial charge >= 0.3 is 0 Å². The lowest BCUT2D eigenvalue weighted by molar-refractivity contribution is 0.652. The molecule has 0 aliphatic heterocycles. The van der Waals surface area contributed by atoms with E-state index in [2.05, 4.69) is 30.4 Å². The van der Waals surface area contributed by atoms with Crippen molar-refractivity contribution in [1.82, 2.24) is 5.32 Å². The topological polar surface area (TPSA) is 12.0 Å². The summed E-state index contributed by atoms with van der Waals surface area (Å²) in [7, 11) is 1.95. The van der Waals surface area contributed by atoms with Gasteiger partial charge in [0.15, 0.2) is 0 Å². The number of nitrogens with one attached hydrogen (secondary N) is 1. The van der Waals surface area contributed by atoms with Crippen molar-refractivity contribution >= 4 is 11.6 Å². The molecule has 1 fully saturated rings. The molecule has 2 heteroatoms. The second-order valence-electron chi connectivity index (χ2n) is 4.07. The van der Waals surface area contributed by atoms with Crippen LogP contribution in [0.15, 0.2) is 18.2 Å². The van der Waals surface area contributed by atoms with Gasteiger partial charge in [-0.3, -0.25) is 0 Å². The Bertz CT molecular complexity index is 331. The average Bonchev–Trinajstić information content (AvgIpc) is 3.00. The standard InChI is InChI=1S/C12H16ClN/c1-8(14-2)11-6-5-10(7-12(11)13)9-3-4-9/h5-9,14H,3-4H2,1-2H3. The van der Waals surface area contributed by atoms with Crippen LogP contribution in [0.3, 0.4) is 0 Å². The van der Waals surface area contributed by atoms with Gasteiger partial charge in [0.05, 0.1) is 0 Å². The molecule has 1 atom stereocenters. The Kier molecular flexibility index (Phi) is 2.80. The van der Waals surface area contributed by atoms with Crippen molar-refractivity contribution in [3.05, 3.63) is 34.3 Å². The van der Waals surface area contributed by atoms with Crippen LogP contribution in [0.5, 0.6) is 0 Å². The van der Waals surface area contributed by atoms with Gasteiger partial charge in [0, 0.05) is 11.1 Å². The number of hydrogen-bond acceptors (Lipinski definition) is 1. The number of benzene rings is 1. The maximum atomic E-state index is 6.23. The average molecular weight is 210 g/mol. The normalized spacial score (nSPS) is 18.2. The van der Waals surface area contributed by atoms with Crippen LogP contribution in [0.4, 0.5) is 0 Å². The highest BCUT2D eigenvalue weighted by atomic mass is 35.5. The Morgan fingerprint density at radius 1 is 1.43 bits per heavy atom. The Hall–Kier alpha value is -0.530. The molecule has 2 rings (SSSR count). The van der Waals surface area contributed by atoms with Crippen LogP contribution in [0, 0.1) is 0 Å². The highest BCUT2D eigenvalue weighted by Gasteiger charge is 2.24. The molecule has 1 aliphatic carbocycles. The lowest BCUT2D eigenvalue weighted by atomic mass is 10.0. The first-order valence-corrected chi connectivity index (χ1v) is 5.56. The molecule has 0 amide bonds. The second-order valence-corrected chi connectivity index (χ2v) is 4.47. The van der Waals surface area contributed by atoms with E-state index in [1.807, 2.05) is 7.05 Å². The first-order chi connectivity index (χ1) is 6.72. The van der Waals surface area contributed by atoms with Gasteiger partial charge in [-0.2, -0.15) is 0 Å². The van der Waals surface area contributed by atoms with E-state index in [-0.39, 0.29) is 0 Å². The van der Waals surface area contributed by atoms with Crippen LogP contribution >= 0.6 is 11.6 Å². The molecule has 76 valence electrons. The fourth-order valence-corrected chi connectivity index (χ4v) is 2.07. The van der Waals surface area contributed by atoms with E-state index in [9.17, 15) is 0 Å². The molecule has 0 saturated heterocycles. The molecule has 1 saturated carbocycles. The number of rotatable bonds is 3. The lowest BCUT2D eigenvalue weighted by Gasteiger charge is -2.13. The smallest absolute Gasteiger partial charge is 0.0456 e. The maximum Gasteiger partial charge on any atom is 0.0456 e. The summed E-state index contributed by atoms with van der Waals surface area (Å²) in [6.07, 6.45) is 2.66. The van der Waals surface area contributed by atoms with Gasteiger partial charge < -0.3 is 5.32 Å². The molecule has 1 N–H and O–H groups in total. The minimum absolute atomic E-state index is 0.329. The largest absolute Gasteiger partial charge is 0.313 e. The monoisotopic (exact) mass is 209 g/mol. The third-order valence-electron chi connectivity index (χ3n) is 2.97. The number of halogens is 1. The highest BCUT2D eigenvalue weighted by Crippen LogP contribution is 2.41. The Balaban J connectivity index is 2.26. The third kappa shape index (κ3) is 1.94. The predicted molar refractivity (Wildman–Crippen MR) is 60.9 cm³/mol. The molecule has 1 aliphatic rings. The molecule has 0 bridgehead atoms. The van der Waals surface area contributed by atoms with E-state index in [1.165, 1.54) is 24.0 Å². The zero-order valence-electron chi connectivity index (χ0n) is 8.68. The van der Waals surface area contributed by atoms with Crippen molar-refractivity contribution in [2.24, 2.45) is 0 Å². The molecule has 0 spiro atoms. The van der Waals surface area contributed by atoms with Crippen molar-refractivity contribution in [2.45, 2.75) is 31.7 Å². The third-order valence-corrected chi connectivity index (χ3v) is 3.30. The van der Waals surface area contributed by atoms with Crippen LogP contribution in [0.1, 0.15) is 42.9 Å². The summed E-state index contributed by atoms with van der Waals surface area (Å²) in [5.41, 5.74) is 2.60. The summed E-state index contributed by atoms with van der Waals surface area (Å²) < 4.78 is 0. The summed E-state index contributed by atoms with van der Waals surface area (Å²) in [6, 6.07) is 6.82. The molecular formula is C12H16ClN. The van der Waals surface area contributed by atoms with Gasteiger partial charge in [0.25, 0.3) is 0 Å². The second kappa shape index (κ2) is 3.92. The molecule has 14 heavy (non-hydrogen) atoms. The molecule has 0 radical (unpaired) electrons. The molecule has 1 aromatic rings. The van der Waals surface area contributed by atoms with Crippen molar-refractivity contribution in [1.29, 1.82) is 0 Å². The Labute approximate surface area is 90.5 Å². The van der Waals surface area contributed by atoms with E-state index in [0.29, 0.717) is 6.04 Å². The minimum Gasteiger partial charge on any atom is -0.313 e. The van der Waals surface area contributed by atoms with Gasteiger partial charge in [-0.1, -0.05) is 23.7 Å².